The maximum Gasteiger partial charge on any atom is 0.416 e. The third kappa shape index (κ3) is 5.89. The minimum atomic E-state index is -4.35. The minimum Gasteiger partial charge on any atom is -0.361 e. The van der Waals surface area contributed by atoms with Crippen molar-refractivity contribution in [2.75, 3.05) is 32.5 Å². The molecule has 0 saturated carbocycles. The van der Waals surface area contributed by atoms with Gasteiger partial charge in [0.25, 0.3) is 0 Å². The summed E-state index contributed by atoms with van der Waals surface area (Å²) >= 11 is 5.00. The second-order valence-corrected chi connectivity index (χ2v) is 4.67. The van der Waals surface area contributed by atoms with Crippen molar-refractivity contribution < 1.29 is 13.2 Å². The second-order valence-electron chi connectivity index (χ2n) is 4.26. The Bertz CT molecular complexity index is 432. The summed E-state index contributed by atoms with van der Waals surface area (Å²) in [5.41, 5.74) is -0.384. The maximum absolute atomic E-state index is 12.5. The van der Waals surface area contributed by atoms with Gasteiger partial charge in [-0.1, -0.05) is 6.07 Å². The van der Waals surface area contributed by atoms with Crippen molar-refractivity contribution in [2.24, 2.45) is 0 Å². The van der Waals surface area contributed by atoms with Crippen molar-refractivity contribution in [3.05, 3.63) is 29.8 Å². The van der Waals surface area contributed by atoms with Crippen LogP contribution >= 0.6 is 12.2 Å². The second kappa shape index (κ2) is 6.72. The van der Waals surface area contributed by atoms with Crippen molar-refractivity contribution >= 4 is 23.0 Å². The first-order valence-corrected chi connectivity index (χ1v) is 6.06. The van der Waals surface area contributed by atoms with Gasteiger partial charge >= 0.3 is 6.18 Å². The highest BCUT2D eigenvalue weighted by Crippen LogP contribution is 2.30. The van der Waals surface area contributed by atoms with Gasteiger partial charge in [0, 0.05) is 18.8 Å². The largest absolute Gasteiger partial charge is 0.416 e. The van der Waals surface area contributed by atoms with Crippen molar-refractivity contribution in [1.29, 1.82) is 0 Å². The van der Waals surface area contributed by atoms with E-state index < -0.39 is 11.7 Å². The molecule has 0 saturated heterocycles. The summed E-state index contributed by atoms with van der Waals surface area (Å²) in [7, 11) is 3.84. The van der Waals surface area contributed by atoms with E-state index in [0.717, 1.165) is 18.7 Å². The highest BCUT2D eigenvalue weighted by molar-refractivity contribution is 7.80. The number of alkyl halides is 3. The number of benzene rings is 1. The number of halogens is 3. The Hall–Kier alpha value is -1.34. The fourth-order valence-electron chi connectivity index (χ4n) is 1.34. The number of anilines is 1. The van der Waals surface area contributed by atoms with E-state index in [1.807, 2.05) is 19.0 Å². The predicted octanol–water partition coefficient (Wildman–Crippen LogP) is 2.55. The first kappa shape index (κ1) is 15.7. The van der Waals surface area contributed by atoms with Gasteiger partial charge in [-0.2, -0.15) is 13.2 Å². The molecule has 1 rings (SSSR count). The van der Waals surface area contributed by atoms with Gasteiger partial charge in [0.2, 0.25) is 0 Å². The molecule has 0 aromatic heterocycles. The van der Waals surface area contributed by atoms with Gasteiger partial charge in [0.15, 0.2) is 5.11 Å². The number of thiocarbonyl (C=S) groups is 1. The molecule has 0 bridgehead atoms. The van der Waals surface area contributed by atoms with E-state index >= 15 is 0 Å². The highest BCUT2D eigenvalue weighted by atomic mass is 32.1. The molecule has 3 nitrogen and oxygen atoms in total. The van der Waals surface area contributed by atoms with Crippen LogP contribution in [0.5, 0.6) is 0 Å². The molecule has 0 heterocycles. The van der Waals surface area contributed by atoms with E-state index in [0.29, 0.717) is 17.3 Å². The fraction of sp³-hybridized carbons (Fsp3) is 0.417. The van der Waals surface area contributed by atoms with E-state index in [-0.39, 0.29) is 0 Å². The van der Waals surface area contributed by atoms with Crippen molar-refractivity contribution in [3.63, 3.8) is 0 Å². The Morgan fingerprint density at radius 1 is 1.32 bits per heavy atom. The van der Waals surface area contributed by atoms with Gasteiger partial charge in [-0.15, -0.1) is 0 Å². The number of hydrogen-bond acceptors (Lipinski definition) is 2. The third-order valence-corrected chi connectivity index (χ3v) is 2.54. The monoisotopic (exact) mass is 291 g/mol. The lowest BCUT2D eigenvalue weighted by Gasteiger charge is -2.14. The SMILES string of the molecule is CN(C)CCNC(=S)Nc1cccc(C(F)(F)F)c1. The molecule has 0 spiro atoms. The normalized spacial score (nSPS) is 11.5. The Balaban J connectivity index is 2.55. The number of hydrogen-bond donors (Lipinski definition) is 2. The highest BCUT2D eigenvalue weighted by Gasteiger charge is 2.30. The molecule has 7 heteroatoms. The van der Waals surface area contributed by atoms with Gasteiger partial charge < -0.3 is 15.5 Å². The Morgan fingerprint density at radius 2 is 2.00 bits per heavy atom. The molecule has 2 N–H and O–H groups in total. The molecule has 19 heavy (non-hydrogen) atoms. The van der Waals surface area contributed by atoms with Gasteiger partial charge in [-0.25, -0.2) is 0 Å². The molecule has 0 aliphatic rings. The molecule has 1 aromatic carbocycles. The lowest BCUT2D eigenvalue weighted by Crippen LogP contribution is -2.34. The summed E-state index contributed by atoms with van der Waals surface area (Å²) in [4.78, 5) is 1.97. The molecule has 1 aromatic rings. The summed E-state index contributed by atoms with van der Waals surface area (Å²) in [5.74, 6) is 0. The van der Waals surface area contributed by atoms with E-state index in [2.05, 4.69) is 10.6 Å². The molecule has 0 amide bonds. The summed E-state index contributed by atoms with van der Waals surface area (Å²) in [6, 6.07) is 4.93. The summed E-state index contributed by atoms with van der Waals surface area (Å²) < 4.78 is 37.5. The van der Waals surface area contributed by atoms with Crippen LogP contribution in [-0.4, -0.2) is 37.2 Å². The molecule has 0 aliphatic carbocycles. The van der Waals surface area contributed by atoms with E-state index in [1.165, 1.54) is 12.1 Å². The zero-order valence-corrected chi connectivity index (χ0v) is 11.5. The Labute approximate surface area is 115 Å². The lowest BCUT2D eigenvalue weighted by molar-refractivity contribution is -0.137. The van der Waals surface area contributed by atoms with Crippen LogP contribution in [0.4, 0.5) is 18.9 Å². The van der Waals surface area contributed by atoms with Crippen LogP contribution in [0.2, 0.25) is 0 Å². The van der Waals surface area contributed by atoms with Crippen LogP contribution in [0.25, 0.3) is 0 Å². The zero-order valence-electron chi connectivity index (χ0n) is 10.7. The fourth-order valence-corrected chi connectivity index (χ4v) is 1.56. The molecule has 0 atom stereocenters. The van der Waals surface area contributed by atoms with Crippen LogP contribution in [0, 0.1) is 0 Å². The van der Waals surface area contributed by atoms with Crippen LogP contribution in [-0.2, 0) is 6.18 Å². The lowest BCUT2D eigenvalue weighted by atomic mass is 10.2. The smallest absolute Gasteiger partial charge is 0.361 e. The van der Waals surface area contributed by atoms with Crippen LogP contribution in [0.15, 0.2) is 24.3 Å². The van der Waals surface area contributed by atoms with Gasteiger partial charge in [-0.3, -0.25) is 0 Å². The minimum absolute atomic E-state index is 0.307. The van der Waals surface area contributed by atoms with Crippen LogP contribution < -0.4 is 10.6 Å². The number of nitrogens with one attached hydrogen (secondary N) is 2. The average Bonchev–Trinajstić information content (AvgIpc) is 2.27. The standard InChI is InChI=1S/C12H16F3N3S/c1-18(2)7-6-16-11(19)17-10-5-3-4-9(8-10)12(13,14)15/h3-5,8H,6-7H2,1-2H3,(H2,16,17,19). The maximum atomic E-state index is 12.5. The number of likely N-dealkylation sites (N-methyl/N-ethyl adjacent to an activating group) is 1. The van der Waals surface area contributed by atoms with Crippen molar-refractivity contribution in [2.45, 2.75) is 6.18 Å². The molecule has 106 valence electrons. The first-order chi connectivity index (χ1) is 8.79. The molecular weight excluding hydrogens is 275 g/mol. The van der Waals surface area contributed by atoms with Crippen LogP contribution in [0.3, 0.4) is 0 Å². The quantitative estimate of drug-likeness (QED) is 0.834. The van der Waals surface area contributed by atoms with Gasteiger partial charge in [0.1, 0.15) is 0 Å². The van der Waals surface area contributed by atoms with E-state index in [9.17, 15) is 13.2 Å². The molecular formula is C12H16F3N3S. The molecule has 0 fully saturated rings. The van der Waals surface area contributed by atoms with E-state index in [1.54, 1.807) is 0 Å². The number of rotatable bonds is 4. The average molecular weight is 291 g/mol. The topological polar surface area (TPSA) is 27.3 Å². The predicted molar refractivity (Wildman–Crippen MR) is 74.2 cm³/mol. The summed E-state index contributed by atoms with van der Waals surface area (Å²) in [5, 5.41) is 5.95. The number of nitrogens with zero attached hydrogens (tertiary/aromatic N) is 1. The van der Waals surface area contributed by atoms with Gasteiger partial charge in [0.05, 0.1) is 5.56 Å². The molecule has 0 unspecified atom stereocenters. The van der Waals surface area contributed by atoms with E-state index in [4.69, 9.17) is 12.2 Å². The first-order valence-electron chi connectivity index (χ1n) is 5.66. The van der Waals surface area contributed by atoms with Crippen molar-refractivity contribution in [3.8, 4) is 0 Å². The van der Waals surface area contributed by atoms with Gasteiger partial charge in [-0.05, 0) is 44.5 Å². The Morgan fingerprint density at radius 3 is 2.58 bits per heavy atom. The zero-order chi connectivity index (χ0) is 14.5. The molecule has 0 radical (unpaired) electrons. The summed E-state index contributed by atoms with van der Waals surface area (Å²) in [6.07, 6.45) is -4.35. The van der Waals surface area contributed by atoms with Crippen LogP contribution in [0.1, 0.15) is 5.56 Å². The summed E-state index contributed by atoms with van der Waals surface area (Å²) in [6.45, 7) is 1.40. The Kier molecular flexibility index (Phi) is 5.56. The molecule has 0 aliphatic heterocycles. The van der Waals surface area contributed by atoms with Crippen molar-refractivity contribution in [1.82, 2.24) is 10.2 Å². The third-order valence-electron chi connectivity index (χ3n) is 2.29.